The van der Waals surface area contributed by atoms with E-state index >= 15 is 0 Å². The number of anilines is 1. The summed E-state index contributed by atoms with van der Waals surface area (Å²) in [4.78, 5) is 22.3. The first-order valence-corrected chi connectivity index (χ1v) is 10.5. The van der Waals surface area contributed by atoms with Gasteiger partial charge in [-0.15, -0.1) is 0 Å². The van der Waals surface area contributed by atoms with Crippen molar-refractivity contribution in [3.8, 4) is 0 Å². The Morgan fingerprint density at radius 1 is 0.889 bits per heavy atom. The quantitative estimate of drug-likeness (QED) is 0.786. The molecule has 3 rings (SSSR count). The van der Waals surface area contributed by atoms with E-state index in [0.29, 0.717) is 12.1 Å². The molecule has 0 bridgehead atoms. The molecule has 0 spiro atoms. The molecular formula is C21H37N5O. The number of piperidine rings is 1. The summed E-state index contributed by atoms with van der Waals surface area (Å²) in [6.45, 7) is 13.1. The number of hydrogen-bond donors (Lipinski definition) is 0. The van der Waals surface area contributed by atoms with Gasteiger partial charge in [-0.3, -0.25) is 4.84 Å². The van der Waals surface area contributed by atoms with Gasteiger partial charge < -0.3 is 4.90 Å². The van der Waals surface area contributed by atoms with Crippen LogP contribution in [0.5, 0.6) is 0 Å². The fourth-order valence-electron chi connectivity index (χ4n) is 5.01. The highest BCUT2D eigenvalue weighted by Gasteiger charge is 2.48. The van der Waals surface area contributed by atoms with E-state index in [1.54, 1.807) is 0 Å². The molecule has 1 aromatic heterocycles. The van der Waals surface area contributed by atoms with Crippen molar-refractivity contribution in [3.05, 3.63) is 11.6 Å². The van der Waals surface area contributed by atoms with Gasteiger partial charge in [-0.25, -0.2) is 4.98 Å². The Hall–Kier alpha value is -1.27. The molecule has 1 saturated heterocycles. The fraction of sp³-hybridized carbons (Fsp3) is 0.857. The molecule has 0 radical (unpaired) electrons. The maximum Gasteiger partial charge on any atom is 0.228 e. The monoisotopic (exact) mass is 375 g/mol. The van der Waals surface area contributed by atoms with Crippen LogP contribution in [-0.2, 0) is 4.84 Å². The average molecular weight is 376 g/mol. The van der Waals surface area contributed by atoms with E-state index in [9.17, 15) is 0 Å². The van der Waals surface area contributed by atoms with Crippen LogP contribution in [-0.4, -0.2) is 50.3 Å². The van der Waals surface area contributed by atoms with Crippen molar-refractivity contribution in [1.29, 1.82) is 0 Å². The molecule has 2 heterocycles. The smallest absolute Gasteiger partial charge is 0.228 e. The van der Waals surface area contributed by atoms with Crippen molar-refractivity contribution in [2.24, 2.45) is 0 Å². The van der Waals surface area contributed by atoms with Crippen molar-refractivity contribution in [1.82, 2.24) is 20.0 Å². The highest BCUT2D eigenvalue weighted by molar-refractivity contribution is 5.31. The van der Waals surface area contributed by atoms with Crippen LogP contribution in [0.15, 0.2) is 0 Å². The first-order valence-electron chi connectivity index (χ1n) is 10.5. The SMILES string of the molecule is Cc1nc(C)nc(N(C)C2CC(C)(C)N(OC3CCCCC3)C(C)(C)C2)n1. The van der Waals surface area contributed by atoms with Crippen LogP contribution in [0.1, 0.15) is 84.3 Å². The summed E-state index contributed by atoms with van der Waals surface area (Å²) >= 11 is 0. The molecule has 27 heavy (non-hydrogen) atoms. The third kappa shape index (κ3) is 4.60. The summed E-state index contributed by atoms with van der Waals surface area (Å²) in [7, 11) is 2.11. The Morgan fingerprint density at radius 2 is 1.41 bits per heavy atom. The third-order valence-electron chi connectivity index (χ3n) is 6.09. The Bertz CT molecular complexity index is 616. The molecule has 6 nitrogen and oxygen atoms in total. The number of hydrogen-bond acceptors (Lipinski definition) is 6. The number of nitrogens with zero attached hydrogens (tertiary/aromatic N) is 5. The van der Waals surface area contributed by atoms with Crippen LogP contribution in [0, 0.1) is 13.8 Å². The Kier molecular flexibility index (Phi) is 5.78. The van der Waals surface area contributed by atoms with Crippen molar-refractivity contribution in [3.63, 3.8) is 0 Å². The number of aryl methyl sites for hydroxylation is 2. The van der Waals surface area contributed by atoms with E-state index in [4.69, 9.17) is 4.84 Å². The second kappa shape index (κ2) is 7.63. The summed E-state index contributed by atoms with van der Waals surface area (Å²) in [5.74, 6) is 2.33. The second-order valence-corrected chi connectivity index (χ2v) is 9.69. The van der Waals surface area contributed by atoms with Crippen molar-refractivity contribution in [2.45, 2.75) is 110 Å². The lowest BCUT2D eigenvalue weighted by Crippen LogP contribution is -2.64. The van der Waals surface area contributed by atoms with Crippen molar-refractivity contribution >= 4 is 5.95 Å². The molecule has 1 aromatic rings. The minimum absolute atomic E-state index is 0.0464. The summed E-state index contributed by atoms with van der Waals surface area (Å²) in [6, 6.07) is 0.363. The zero-order valence-electron chi connectivity index (χ0n) is 18.2. The predicted molar refractivity (Wildman–Crippen MR) is 109 cm³/mol. The minimum Gasteiger partial charge on any atom is -0.341 e. The molecular weight excluding hydrogens is 338 g/mol. The van der Waals surface area contributed by atoms with E-state index in [2.05, 4.69) is 59.7 Å². The molecule has 6 heteroatoms. The van der Waals surface area contributed by atoms with Crippen LogP contribution >= 0.6 is 0 Å². The Labute approximate surface area is 164 Å². The van der Waals surface area contributed by atoms with Crippen LogP contribution in [0.25, 0.3) is 0 Å². The normalized spacial score (nSPS) is 24.1. The van der Waals surface area contributed by atoms with E-state index in [-0.39, 0.29) is 11.1 Å². The zero-order chi connectivity index (χ0) is 19.8. The zero-order valence-corrected chi connectivity index (χ0v) is 18.2. The Balaban J connectivity index is 1.77. The van der Waals surface area contributed by atoms with Gasteiger partial charge in [0.15, 0.2) is 0 Å². The van der Waals surface area contributed by atoms with Crippen LogP contribution in [0.2, 0.25) is 0 Å². The second-order valence-electron chi connectivity index (χ2n) is 9.69. The molecule has 152 valence electrons. The van der Waals surface area contributed by atoms with E-state index in [1.165, 1.54) is 32.1 Å². The maximum absolute atomic E-state index is 6.61. The van der Waals surface area contributed by atoms with Gasteiger partial charge in [-0.2, -0.15) is 15.0 Å². The first-order chi connectivity index (χ1) is 12.6. The van der Waals surface area contributed by atoms with Gasteiger partial charge in [0.1, 0.15) is 11.6 Å². The first kappa shape index (κ1) is 20.5. The summed E-state index contributed by atoms with van der Waals surface area (Å²) in [6.07, 6.45) is 8.73. The van der Waals surface area contributed by atoms with Crippen molar-refractivity contribution < 1.29 is 4.84 Å². The maximum atomic E-state index is 6.61. The van der Waals surface area contributed by atoms with Gasteiger partial charge in [0, 0.05) is 24.2 Å². The molecule has 0 atom stereocenters. The third-order valence-corrected chi connectivity index (χ3v) is 6.09. The molecule has 2 aliphatic rings. The van der Waals surface area contributed by atoms with Gasteiger partial charge in [0.25, 0.3) is 0 Å². The Morgan fingerprint density at radius 3 is 1.93 bits per heavy atom. The number of aromatic nitrogens is 3. The van der Waals surface area contributed by atoms with Crippen LogP contribution < -0.4 is 4.90 Å². The molecule has 0 amide bonds. The van der Waals surface area contributed by atoms with Gasteiger partial charge in [0.05, 0.1) is 6.10 Å². The lowest BCUT2D eigenvalue weighted by Gasteiger charge is -2.56. The molecule has 0 N–H and O–H groups in total. The average Bonchev–Trinajstić information content (AvgIpc) is 2.57. The highest BCUT2D eigenvalue weighted by atomic mass is 16.7. The number of hydroxylamine groups is 2. The van der Waals surface area contributed by atoms with Crippen LogP contribution in [0.4, 0.5) is 5.95 Å². The van der Waals surface area contributed by atoms with Crippen LogP contribution in [0.3, 0.4) is 0 Å². The molecule has 1 aliphatic carbocycles. The predicted octanol–water partition coefficient (Wildman–Crippen LogP) is 4.21. The standard InChI is InChI=1S/C21H37N5O/c1-15-22-16(2)24-19(23-15)25(7)17-13-20(3,4)26(21(5,6)14-17)27-18-11-9-8-10-12-18/h17-18H,8-14H2,1-7H3. The van der Waals surface area contributed by atoms with Gasteiger partial charge in [0.2, 0.25) is 5.95 Å². The molecule has 1 aliphatic heterocycles. The number of rotatable bonds is 4. The summed E-state index contributed by atoms with van der Waals surface area (Å²) < 4.78 is 0. The lowest BCUT2D eigenvalue weighted by atomic mass is 9.78. The fourth-order valence-corrected chi connectivity index (χ4v) is 5.01. The minimum atomic E-state index is -0.0464. The molecule has 0 unspecified atom stereocenters. The van der Waals surface area contributed by atoms with Crippen molar-refractivity contribution in [2.75, 3.05) is 11.9 Å². The van der Waals surface area contributed by atoms with Gasteiger partial charge in [-0.1, -0.05) is 19.3 Å². The molecule has 0 aromatic carbocycles. The van der Waals surface area contributed by atoms with E-state index in [1.807, 2.05) is 13.8 Å². The van der Waals surface area contributed by atoms with E-state index in [0.717, 1.165) is 30.4 Å². The summed E-state index contributed by atoms with van der Waals surface area (Å²) in [5.41, 5.74) is -0.0928. The van der Waals surface area contributed by atoms with Gasteiger partial charge in [-0.05, 0) is 67.2 Å². The topological polar surface area (TPSA) is 54.4 Å². The lowest BCUT2D eigenvalue weighted by molar-refractivity contribution is -0.309. The largest absolute Gasteiger partial charge is 0.341 e. The summed E-state index contributed by atoms with van der Waals surface area (Å²) in [5, 5.41) is 2.31. The van der Waals surface area contributed by atoms with Gasteiger partial charge >= 0.3 is 0 Å². The van der Waals surface area contributed by atoms with E-state index < -0.39 is 0 Å². The highest BCUT2D eigenvalue weighted by Crippen LogP contribution is 2.42. The molecule has 2 fully saturated rings. The molecule has 1 saturated carbocycles.